The maximum atomic E-state index is 4.48. The van der Waals surface area contributed by atoms with Gasteiger partial charge in [-0.15, -0.1) is 0 Å². The molecule has 0 unspecified atom stereocenters. The summed E-state index contributed by atoms with van der Waals surface area (Å²) in [7, 11) is 1.96. The Bertz CT molecular complexity index is 507. The van der Waals surface area contributed by atoms with Crippen LogP contribution in [0.25, 0.3) is 5.82 Å². The third-order valence-corrected chi connectivity index (χ3v) is 3.18. The molecule has 0 saturated heterocycles. The van der Waals surface area contributed by atoms with Crippen LogP contribution in [0.2, 0.25) is 0 Å². The van der Waals surface area contributed by atoms with E-state index < -0.39 is 0 Å². The van der Waals surface area contributed by atoms with Crippen LogP contribution in [0.1, 0.15) is 24.1 Å². The predicted octanol–water partition coefficient (Wildman–Crippen LogP) is 1.17. The molecule has 0 aliphatic heterocycles. The zero-order chi connectivity index (χ0) is 11.8. The molecule has 0 radical (unpaired) electrons. The van der Waals surface area contributed by atoms with Crippen LogP contribution in [-0.2, 0) is 13.6 Å². The summed E-state index contributed by atoms with van der Waals surface area (Å²) in [5.74, 6) is 1.06. The van der Waals surface area contributed by atoms with Crippen LogP contribution in [0.5, 0.6) is 0 Å². The van der Waals surface area contributed by atoms with E-state index in [0.29, 0.717) is 6.04 Å². The molecule has 0 spiro atoms. The van der Waals surface area contributed by atoms with E-state index in [1.807, 2.05) is 28.7 Å². The van der Waals surface area contributed by atoms with Crippen molar-refractivity contribution in [2.24, 2.45) is 7.05 Å². The zero-order valence-electron chi connectivity index (χ0n) is 10.2. The summed E-state index contributed by atoms with van der Waals surface area (Å²) in [6.07, 6.45) is 6.35. The Balaban J connectivity index is 1.94. The Morgan fingerprint density at radius 1 is 1.47 bits per heavy atom. The van der Waals surface area contributed by atoms with Gasteiger partial charge in [-0.25, -0.2) is 4.68 Å². The zero-order valence-corrected chi connectivity index (χ0v) is 10.2. The normalized spacial score (nSPS) is 15.4. The minimum Gasteiger partial charge on any atom is -0.310 e. The number of hydrogen-bond acceptors (Lipinski definition) is 3. The molecule has 1 aliphatic rings. The summed E-state index contributed by atoms with van der Waals surface area (Å²) >= 11 is 0. The first-order valence-corrected chi connectivity index (χ1v) is 6.01. The van der Waals surface area contributed by atoms with Gasteiger partial charge in [0.25, 0.3) is 0 Å². The summed E-state index contributed by atoms with van der Waals surface area (Å²) in [5.41, 5.74) is 2.31. The lowest BCUT2D eigenvalue weighted by molar-refractivity contribution is 0.665. The SMILES string of the molecule is Cc1nn(C)c(-n2cccn2)c1CNC1CC1. The van der Waals surface area contributed by atoms with Crippen molar-refractivity contribution in [3.8, 4) is 5.82 Å². The molecule has 1 fully saturated rings. The van der Waals surface area contributed by atoms with Crippen LogP contribution in [0.4, 0.5) is 0 Å². The average Bonchev–Trinajstić information content (AvgIpc) is 2.88. The van der Waals surface area contributed by atoms with Crippen molar-refractivity contribution in [3.63, 3.8) is 0 Å². The lowest BCUT2D eigenvalue weighted by Gasteiger charge is -2.07. The topological polar surface area (TPSA) is 47.7 Å². The Morgan fingerprint density at radius 2 is 2.29 bits per heavy atom. The highest BCUT2D eigenvalue weighted by atomic mass is 15.4. The van der Waals surface area contributed by atoms with E-state index in [0.717, 1.165) is 18.1 Å². The number of rotatable bonds is 4. The molecule has 17 heavy (non-hydrogen) atoms. The summed E-state index contributed by atoms with van der Waals surface area (Å²) < 4.78 is 3.77. The van der Waals surface area contributed by atoms with Crippen molar-refractivity contribution >= 4 is 0 Å². The van der Waals surface area contributed by atoms with E-state index in [4.69, 9.17) is 0 Å². The maximum absolute atomic E-state index is 4.48. The maximum Gasteiger partial charge on any atom is 0.156 e. The number of aryl methyl sites for hydroxylation is 2. The molecule has 1 aliphatic carbocycles. The molecular formula is C12H17N5. The number of nitrogens with one attached hydrogen (secondary N) is 1. The highest BCUT2D eigenvalue weighted by Crippen LogP contribution is 2.22. The van der Waals surface area contributed by atoms with E-state index in [9.17, 15) is 0 Å². The fourth-order valence-corrected chi connectivity index (χ4v) is 2.11. The minimum absolute atomic E-state index is 0.708. The molecule has 3 rings (SSSR count). The van der Waals surface area contributed by atoms with Gasteiger partial charge in [0.05, 0.1) is 5.69 Å². The molecule has 90 valence electrons. The van der Waals surface area contributed by atoms with Crippen molar-refractivity contribution in [1.82, 2.24) is 24.9 Å². The Kier molecular flexibility index (Phi) is 2.48. The summed E-state index contributed by atoms with van der Waals surface area (Å²) in [6, 6.07) is 2.64. The lowest BCUT2D eigenvalue weighted by atomic mass is 10.2. The van der Waals surface area contributed by atoms with E-state index in [-0.39, 0.29) is 0 Å². The molecule has 0 amide bonds. The summed E-state index contributed by atoms with van der Waals surface area (Å²) in [6.45, 7) is 2.93. The first kappa shape index (κ1) is 10.5. The van der Waals surface area contributed by atoms with Gasteiger partial charge in [0.1, 0.15) is 0 Å². The number of hydrogen-bond donors (Lipinski definition) is 1. The van der Waals surface area contributed by atoms with Crippen LogP contribution in [0, 0.1) is 6.92 Å². The summed E-state index contributed by atoms with van der Waals surface area (Å²) in [4.78, 5) is 0. The fraction of sp³-hybridized carbons (Fsp3) is 0.500. The highest BCUT2D eigenvalue weighted by Gasteiger charge is 2.22. The van der Waals surface area contributed by atoms with Crippen LogP contribution in [-0.4, -0.2) is 25.6 Å². The van der Waals surface area contributed by atoms with E-state index in [1.165, 1.54) is 18.4 Å². The van der Waals surface area contributed by atoms with Crippen molar-refractivity contribution in [3.05, 3.63) is 29.7 Å². The molecule has 5 heteroatoms. The van der Waals surface area contributed by atoms with Gasteiger partial charge in [0.2, 0.25) is 0 Å². The van der Waals surface area contributed by atoms with E-state index in [1.54, 1.807) is 6.20 Å². The van der Waals surface area contributed by atoms with Gasteiger partial charge in [-0.3, -0.25) is 4.68 Å². The third kappa shape index (κ3) is 1.98. The Labute approximate surface area is 100 Å². The van der Waals surface area contributed by atoms with Crippen molar-refractivity contribution < 1.29 is 0 Å². The first-order chi connectivity index (χ1) is 8.25. The predicted molar refractivity (Wildman–Crippen MR) is 64.9 cm³/mol. The van der Waals surface area contributed by atoms with Crippen LogP contribution >= 0.6 is 0 Å². The molecular weight excluding hydrogens is 214 g/mol. The number of aromatic nitrogens is 4. The summed E-state index contributed by atoms with van der Waals surface area (Å²) in [5, 5.41) is 12.3. The van der Waals surface area contributed by atoms with Gasteiger partial charge in [0, 0.05) is 37.6 Å². The van der Waals surface area contributed by atoms with Gasteiger partial charge in [0.15, 0.2) is 5.82 Å². The molecule has 2 aromatic rings. The Morgan fingerprint density at radius 3 is 2.94 bits per heavy atom. The molecule has 2 heterocycles. The average molecular weight is 231 g/mol. The Hall–Kier alpha value is -1.62. The second-order valence-corrected chi connectivity index (χ2v) is 4.62. The van der Waals surface area contributed by atoms with Crippen molar-refractivity contribution in [2.75, 3.05) is 0 Å². The van der Waals surface area contributed by atoms with Gasteiger partial charge >= 0.3 is 0 Å². The van der Waals surface area contributed by atoms with Crippen LogP contribution < -0.4 is 5.32 Å². The van der Waals surface area contributed by atoms with E-state index in [2.05, 4.69) is 22.4 Å². The van der Waals surface area contributed by atoms with E-state index >= 15 is 0 Å². The van der Waals surface area contributed by atoms with Gasteiger partial charge in [-0.05, 0) is 25.8 Å². The monoisotopic (exact) mass is 231 g/mol. The third-order valence-electron chi connectivity index (χ3n) is 3.18. The van der Waals surface area contributed by atoms with Gasteiger partial charge < -0.3 is 5.32 Å². The second-order valence-electron chi connectivity index (χ2n) is 4.62. The van der Waals surface area contributed by atoms with Crippen LogP contribution in [0.15, 0.2) is 18.5 Å². The molecule has 5 nitrogen and oxygen atoms in total. The largest absolute Gasteiger partial charge is 0.310 e. The quantitative estimate of drug-likeness (QED) is 0.859. The molecule has 0 atom stereocenters. The van der Waals surface area contributed by atoms with Crippen LogP contribution in [0.3, 0.4) is 0 Å². The molecule has 1 saturated carbocycles. The smallest absolute Gasteiger partial charge is 0.156 e. The lowest BCUT2D eigenvalue weighted by Crippen LogP contribution is -2.17. The molecule has 0 aromatic carbocycles. The standard InChI is InChI=1S/C12H17N5/c1-9-11(8-13-10-4-5-10)12(16(2)15-9)17-7-3-6-14-17/h3,6-7,10,13H,4-5,8H2,1-2H3. The highest BCUT2D eigenvalue weighted by molar-refractivity contribution is 5.37. The fourth-order valence-electron chi connectivity index (χ4n) is 2.11. The van der Waals surface area contributed by atoms with Crippen molar-refractivity contribution in [2.45, 2.75) is 32.4 Å². The minimum atomic E-state index is 0.708. The first-order valence-electron chi connectivity index (χ1n) is 6.01. The molecule has 2 aromatic heterocycles. The van der Waals surface area contributed by atoms with Crippen molar-refractivity contribution in [1.29, 1.82) is 0 Å². The molecule has 1 N–H and O–H groups in total. The second kappa shape index (κ2) is 4.00. The molecule has 0 bridgehead atoms. The van der Waals surface area contributed by atoms with Gasteiger partial charge in [-0.1, -0.05) is 0 Å². The van der Waals surface area contributed by atoms with Gasteiger partial charge in [-0.2, -0.15) is 10.2 Å². The number of nitrogens with zero attached hydrogens (tertiary/aromatic N) is 4.